The molecule has 7 nitrogen and oxygen atoms in total. The molecule has 2 N–H and O–H groups in total. The van der Waals surface area contributed by atoms with E-state index in [0.717, 1.165) is 11.5 Å². The maximum atomic E-state index is 5.67. The van der Waals surface area contributed by atoms with Crippen LogP contribution in [0.2, 0.25) is 0 Å². The molecule has 7 heteroatoms. The van der Waals surface area contributed by atoms with Crippen LogP contribution in [0.15, 0.2) is 60.8 Å². The molecule has 0 amide bonds. The van der Waals surface area contributed by atoms with Crippen molar-refractivity contribution in [2.24, 2.45) is 0 Å². The Balaban J connectivity index is 1.47. The molecule has 0 saturated carbocycles. The number of hydrogen-bond donors (Lipinski definition) is 2. The minimum absolute atomic E-state index is 0.120. The first-order valence-electron chi connectivity index (χ1n) is 8.76. The van der Waals surface area contributed by atoms with Crippen molar-refractivity contribution >= 4 is 11.8 Å². The van der Waals surface area contributed by atoms with Crippen LogP contribution in [0.4, 0.5) is 11.8 Å². The fourth-order valence-corrected chi connectivity index (χ4v) is 2.50. The summed E-state index contributed by atoms with van der Waals surface area (Å²) in [6, 6.07) is 17.7. The van der Waals surface area contributed by atoms with Crippen molar-refractivity contribution < 1.29 is 9.47 Å². The number of nitrogens with zero attached hydrogens (tertiary/aromatic N) is 3. The summed E-state index contributed by atoms with van der Waals surface area (Å²) in [5.41, 5.74) is 1.18. The third kappa shape index (κ3) is 5.57. The van der Waals surface area contributed by atoms with Gasteiger partial charge in [0.15, 0.2) is 5.82 Å². The fraction of sp³-hybridized carbons (Fsp3) is 0.250. The summed E-state index contributed by atoms with van der Waals surface area (Å²) in [6.45, 7) is 3.12. The molecule has 0 bridgehead atoms. The van der Waals surface area contributed by atoms with Crippen molar-refractivity contribution in [2.45, 2.75) is 13.0 Å². The van der Waals surface area contributed by atoms with Crippen molar-refractivity contribution in [1.29, 1.82) is 0 Å². The Hall–Kier alpha value is -3.35. The SMILES string of the molecule is COc1ccc(OCCNc2nncc(NC(C)c3ccccc3)n2)cc1. The lowest BCUT2D eigenvalue weighted by molar-refractivity contribution is 0.331. The zero-order valence-electron chi connectivity index (χ0n) is 15.4. The third-order valence-electron chi connectivity index (χ3n) is 3.94. The van der Waals surface area contributed by atoms with Crippen molar-refractivity contribution in [3.05, 3.63) is 66.4 Å². The average molecular weight is 365 g/mol. The molecule has 1 aromatic heterocycles. The maximum absolute atomic E-state index is 5.67. The van der Waals surface area contributed by atoms with Crippen LogP contribution < -0.4 is 20.1 Å². The van der Waals surface area contributed by atoms with Gasteiger partial charge in [0, 0.05) is 6.04 Å². The van der Waals surface area contributed by atoms with Gasteiger partial charge < -0.3 is 20.1 Å². The molecule has 0 aliphatic rings. The van der Waals surface area contributed by atoms with Crippen molar-refractivity contribution in [3.63, 3.8) is 0 Å². The zero-order valence-corrected chi connectivity index (χ0v) is 15.4. The first-order chi connectivity index (χ1) is 13.2. The highest BCUT2D eigenvalue weighted by Gasteiger charge is 2.07. The van der Waals surface area contributed by atoms with Gasteiger partial charge in [0.2, 0.25) is 5.95 Å². The molecule has 0 radical (unpaired) electrons. The molecule has 3 aromatic rings. The molecule has 27 heavy (non-hydrogen) atoms. The Labute approximate surface area is 158 Å². The summed E-state index contributed by atoms with van der Waals surface area (Å²) in [4.78, 5) is 4.44. The van der Waals surface area contributed by atoms with Gasteiger partial charge >= 0.3 is 0 Å². The van der Waals surface area contributed by atoms with Crippen molar-refractivity contribution in [2.75, 3.05) is 30.9 Å². The van der Waals surface area contributed by atoms with Crippen LogP contribution >= 0.6 is 0 Å². The van der Waals surface area contributed by atoms with Crippen LogP contribution in [0.1, 0.15) is 18.5 Å². The third-order valence-corrected chi connectivity index (χ3v) is 3.94. The van der Waals surface area contributed by atoms with E-state index in [4.69, 9.17) is 9.47 Å². The molecule has 140 valence electrons. The molecule has 3 rings (SSSR count). The highest BCUT2D eigenvalue weighted by Crippen LogP contribution is 2.18. The second-order valence-corrected chi connectivity index (χ2v) is 5.89. The second-order valence-electron chi connectivity index (χ2n) is 5.89. The van der Waals surface area contributed by atoms with Gasteiger partial charge in [-0.25, -0.2) is 0 Å². The molecule has 1 heterocycles. The van der Waals surface area contributed by atoms with Crippen LogP contribution in [0.5, 0.6) is 11.5 Å². The van der Waals surface area contributed by atoms with Crippen LogP contribution in [0.3, 0.4) is 0 Å². The van der Waals surface area contributed by atoms with E-state index in [0.29, 0.717) is 24.9 Å². The van der Waals surface area contributed by atoms with Crippen molar-refractivity contribution in [3.8, 4) is 11.5 Å². The number of nitrogens with one attached hydrogen (secondary N) is 2. The van der Waals surface area contributed by atoms with Gasteiger partial charge in [-0.15, -0.1) is 5.10 Å². The second kappa shape index (κ2) is 9.38. The predicted octanol–water partition coefficient (Wildman–Crippen LogP) is 3.54. The molecule has 0 fully saturated rings. The quantitative estimate of drug-likeness (QED) is 0.561. The fourth-order valence-electron chi connectivity index (χ4n) is 2.50. The first kappa shape index (κ1) is 18.4. The molecule has 0 aliphatic heterocycles. The van der Waals surface area contributed by atoms with Crippen LogP contribution in [0, 0.1) is 0 Å². The van der Waals surface area contributed by atoms with E-state index < -0.39 is 0 Å². The van der Waals surface area contributed by atoms with Crippen LogP contribution in [-0.4, -0.2) is 35.4 Å². The summed E-state index contributed by atoms with van der Waals surface area (Å²) >= 11 is 0. The van der Waals surface area contributed by atoms with Gasteiger partial charge in [-0.1, -0.05) is 30.3 Å². The lowest BCUT2D eigenvalue weighted by atomic mass is 10.1. The Morgan fingerprint density at radius 3 is 2.48 bits per heavy atom. The molecule has 1 atom stereocenters. The highest BCUT2D eigenvalue weighted by molar-refractivity contribution is 5.40. The van der Waals surface area contributed by atoms with Gasteiger partial charge in [0.25, 0.3) is 0 Å². The molecule has 0 aliphatic carbocycles. The number of aromatic nitrogens is 3. The number of benzene rings is 2. The highest BCUT2D eigenvalue weighted by atomic mass is 16.5. The van der Waals surface area contributed by atoms with Gasteiger partial charge in [-0.05, 0) is 36.8 Å². The molecular weight excluding hydrogens is 342 g/mol. The number of ether oxygens (including phenoxy) is 2. The van der Waals surface area contributed by atoms with Gasteiger partial charge in [-0.2, -0.15) is 10.1 Å². The number of hydrogen-bond acceptors (Lipinski definition) is 7. The van der Waals surface area contributed by atoms with Gasteiger partial charge in [0.1, 0.15) is 18.1 Å². The van der Waals surface area contributed by atoms with Crippen LogP contribution in [0.25, 0.3) is 0 Å². The summed E-state index contributed by atoms with van der Waals surface area (Å²) in [5.74, 6) is 2.70. The van der Waals surface area contributed by atoms with Crippen LogP contribution in [-0.2, 0) is 0 Å². The Bertz CT molecular complexity index is 827. The topological polar surface area (TPSA) is 81.2 Å². The standard InChI is InChI=1S/C20H23N5O2/c1-15(16-6-4-3-5-7-16)23-19-14-22-25-20(24-19)21-12-13-27-18-10-8-17(26-2)9-11-18/h3-11,14-15H,12-13H2,1-2H3,(H2,21,23,24,25). The summed E-state index contributed by atoms with van der Waals surface area (Å²) in [7, 11) is 1.64. The minimum atomic E-state index is 0.120. The number of anilines is 2. The Kier molecular flexibility index (Phi) is 6.40. The lowest BCUT2D eigenvalue weighted by Crippen LogP contribution is -2.15. The Morgan fingerprint density at radius 1 is 1.00 bits per heavy atom. The molecule has 0 spiro atoms. The number of methoxy groups -OCH3 is 1. The van der Waals surface area contributed by atoms with E-state index in [2.05, 4.69) is 44.9 Å². The smallest absolute Gasteiger partial charge is 0.244 e. The minimum Gasteiger partial charge on any atom is -0.497 e. The van der Waals surface area contributed by atoms with Crippen molar-refractivity contribution in [1.82, 2.24) is 15.2 Å². The first-order valence-corrected chi connectivity index (χ1v) is 8.76. The van der Waals surface area contributed by atoms with Gasteiger partial charge in [0.05, 0.1) is 19.9 Å². The van der Waals surface area contributed by atoms with E-state index in [-0.39, 0.29) is 6.04 Å². The summed E-state index contributed by atoms with van der Waals surface area (Å²) < 4.78 is 10.8. The Morgan fingerprint density at radius 2 is 1.74 bits per heavy atom. The van der Waals surface area contributed by atoms with Gasteiger partial charge in [-0.3, -0.25) is 0 Å². The van der Waals surface area contributed by atoms with E-state index >= 15 is 0 Å². The molecule has 1 unspecified atom stereocenters. The largest absolute Gasteiger partial charge is 0.497 e. The molecular formula is C20H23N5O2. The summed E-state index contributed by atoms with van der Waals surface area (Å²) in [5, 5.41) is 14.4. The van der Waals surface area contributed by atoms with E-state index in [9.17, 15) is 0 Å². The predicted molar refractivity (Wildman–Crippen MR) is 105 cm³/mol. The van der Waals surface area contributed by atoms with E-state index in [1.807, 2.05) is 42.5 Å². The lowest BCUT2D eigenvalue weighted by Gasteiger charge is -2.15. The zero-order chi connectivity index (χ0) is 18.9. The average Bonchev–Trinajstić information content (AvgIpc) is 2.72. The van der Waals surface area contributed by atoms with E-state index in [1.165, 1.54) is 5.56 Å². The molecule has 0 saturated heterocycles. The van der Waals surface area contributed by atoms with E-state index in [1.54, 1.807) is 13.3 Å². The number of rotatable bonds is 9. The molecule has 2 aromatic carbocycles. The normalized spacial score (nSPS) is 11.5. The monoisotopic (exact) mass is 365 g/mol. The maximum Gasteiger partial charge on any atom is 0.244 e. The summed E-state index contributed by atoms with van der Waals surface area (Å²) in [6.07, 6.45) is 1.61.